The Morgan fingerprint density at radius 2 is 1.89 bits per heavy atom. The molecule has 1 aromatic rings. The van der Waals surface area contributed by atoms with Crippen LogP contribution in [0.5, 0.6) is 0 Å². The molecule has 1 fully saturated rings. The molecular weight excluding hydrogens is 270 g/mol. The molecule has 0 bridgehead atoms. The van der Waals surface area contributed by atoms with Gasteiger partial charge in [-0.05, 0) is 30.5 Å². The van der Waals surface area contributed by atoms with Crippen LogP contribution < -0.4 is 5.73 Å². The van der Waals surface area contributed by atoms with Crippen molar-refractivity contribution >= 4 is 27.1 Å². The maximum atomic E-state index is 12.3. The second-order valence-corrected chi connectivity index (χ2v) is 7.63. The van der Waals surface area contributed by atoms with E-state index in [0.29, 0.717) is 16.3 Å². The standard InChI is InChI=1S/C13H18ClNO2S/c14-11-7-6-10(13(15)8-11)9-18(16,17)12-4-2-1-3-5-12/h6-8,12H,1-5,9,15H2. The molecule has 5 heteroatoms. The average Bonchev–Trinajstić information content (AvgIpc) is 2.34. The summed E-state index contributed by atoms with van der Waals surface area (Å²) in [5.41, 5.74) is 6.93. The van der Waals surface area contributed by atoms with Crippen molar-refractivity contribution in [2.45, 2.75) is 43.1 Å². The fourth-order valence-electron chi connectivity index (χ4n) is 2.46. The number of sulfone groups is 1. The van der Waals surface area contributed by atoms with Gasteiger partial charge in [0.15, 0.2) is 9.84 Å². The minimum Gasteiger partial charge on any atom is -0.398 e. The molecule has 100 valence electrons. The van der Waals surface area contributed by atoms with E-state index < -0.39 is 9.84 Å². The number of benzene rings is 1. The zero-order valence-corrected chi connectivity index (χ0v) is 11.8. The fraction of sp³-hybridized carbons (Fsp3) is 0.538. The molecule has 1 saturated carbocycles. The van der Waals surface area contributed by atoms with Gasteiger partial charge < -0.3 is 5.73 Å². The maximum absolute atomic E-state index is 12.3. The van der Waals surface area contributed by atoms with Crippen LogP contribution >= 0.6 is 11.6 Å². The van der Waals surface area contributed by atoms with E-state index in [1.807, 2.05) is 0 Å². The van der Waals surface area contributed by atoms with E-state index >= 15 is 0 Å². The van der Waals surface area contributed by atoms with Crippen LogP contribution in [-0.4, -0.2) is 13.7 Å². The molecule has 0 saturated heterocycles. The van der Waals surface area contributed by atoms with Gasteiger partial charge in [-0.25, -0.2) is 8.42 Å². The Balaban J connectivity index is 2.16. The molecule has 0 heterocycles. The number of anilines is 1. The van der Waals surface area contributed by atoms with Gasteiger partial charge in [-0.3, -0.25) is 0 Å². The molecule has 0 aromatic heterocycles. The SMILES string of the molecule is Nc1cc(Cl)ccc1CS(=O)(=O)C1CCCCC1. The minimum atomic E-state index is -3.09. The van der Waals surface area contributed by atoms with Crippen LogP contribution in [-0.2, 0) is 15.6 Å². The maximum Gasteiger partial charge on any atom is 0.157 e. The predicted octanol–water partition coefficient (Wildman–Crippen LogP) is 3.17. The second-order valence-electron chi connectivity index (χ2n) is 4.91. The lowest BCUT2D eigenvalue weighted by molar-refractivity contribution is 0.483. The first kappa shape index (κ1) is 13.7. The van der Waals surface area contributed by atoms with Gasteiger partial charge in [0.25, 0.3) is 0 Å². The van der Waals surface area contributed by atoms with Crippen molar-refractivity contribution in [3.63, 3.8) is 0 Å². The van der Waals surface area contributed by atoms with Gasteiger partial charge in [0.05, 0.1) is 11.0 Å². The Labute approximate surface area is 113 Å². The summed E-state index contributed by atoms with van der Waals surface area (Å²) in [6.07, 6.45) is 4.75. The van der Waals surface area contributed by atoms with Crippen molar-refractivity contribution in [2.24, 2.45) is 0 Å². The summed E-state index contributed by atoms with van der Waals surface area (Å²) in [5, 5.41) is 0.340. The zero-order chi connectivity index (χ0) is 13.2. The molecule has 3 nitrogen and oxygen atoms in total. The van der Waals surface area contributed by atoms with Gasteiger partial charge in [0.1, 0.15) is 0 Å². The molecule has 0 atom stereocenters. The van der Waals surface area contributed by atoms with Crippen molar-refractivity contribution in [3.8, 4) is 0 Å². The van der Waals surface area contributed by atoms with Gasteiger partial charge in [-0.1, -0.05) is 36.9 Å². The van der Waals surface area contributed by atoms with Gasteiger partial charge in [-0.2, -0.15) is 0 Å². The van der Waals surface area contributed by atoms with Gasteiger partial charge in [0, 0.05) is 10.7 Å². The number of hydrogen-bond acceptors (Lipinski definition) is 3. The third-order valence-corrected chi connectivity index (χ3v) is 5.96. The molecule has 2 rings (SSSR count). The molecule has 2 N–H and O–H groups in total. The third kappa shape index (κ3) is 3.18. The summed E-state index contributed by atoms with van der Waals surface area (Å²) >= 11 is 5.81. The number of nitrogens with two attached hydrogens (primary N) is 1. The minimum absolute atomic E-state index is 0.0284. The summed E-state index contributed by atoms with van der Waals surface area (Å²) in [6, 6.07) is 5.00. The highest BCUT2D eigenvalue weighted by Crippen LogP contribution is 2.28. The van der Waals surface area contributed by atoms with E-state index in [9.17, 15) is 8.42 Å². The Bertz CT molecular complexity index is 522. The molecule has 0 aliphatic heterocycles. The highest BCUT2D eigenvalue weighted by Gasteiger charge is 2.27. The van der Waals surface area contributed by atoms with E-state index in [1.165, 1.54) is 0 Å². The smallest absolute Gasteiger partial charge is 0.157 e. The molecular formula is C13H18ClNO2S. The van der Waals surface area contributed by atoms with Crippen molar-refractivity contribution in [2.75, 3.05) is 5.73 Å². The molecule has 0 spiro atoms. The quantitative estimate of drug-likeness (QED) is 0.869. The first-order valence-electron chi connectivity index (χ1n) is 6.24. The molecule has 18 heavy (non-hydrogen) atoms. The first-order valence-corrected chi connectivity index (χ1v) is 8.34. The van der Waals surface area contributed by atoms with E-state index in [2.05, 4.69) is 0 Å². The normalized spacial score (nSPS) is 17.8. The Morgan fingerprint density at radius 3 is 2.50 bits per heavy atom. The lowest BCUT2D eigenvalue weighted by atomic mass is 10.0. The van der Waals surface area contributed by atoms with Crippen molar-refractivity contribution in [1.29, 1.82) is 0 Å². The largest absolute Gasteiger partial charge is 0.398 e. The van der Waals surface area contributed by atoms with Crippen LogP contribution in [0.2, 0.25) is 5.02 Å². The molecule has 0 radical (unpaired) electrons. The van der Waals surface area contributed by atoms with Crippen molar-refractivity contribution in [3.05, 3.63) is 28.8 Å². The summed E-state index contributed by atoms with van der Waals surface area (Å²) in [4.78, 5) is 0. The van der Waals surface area contributed by atoms with Gasteiger partial charge >= 0.3 is 0 Å². The molecule has 0 amide bonds. The van der Waals surface area contributed by atoms with Crippen LogP contribution in [0.1, 0.15) is 37.7 Å². The lowest BCUT2D eigenvalue weighted by Crippen LogP contribution is -2.25. The summed E-state index contributed by atoms with van der Waals surface area (Å²) < 4.78 is 24.6. The summed E-state index contributed by atoms with van der Waals surface area (Å²) in [5.74, 6) is 0.0284. The highest BCUT2D eigenvalue weighted by atomic mass is 35.5. The van der Waals surface area contributed by atoms with Crippen LogP contribution in [0.4, 0.5) is 5.69 Å². The van der Waals surface area contributed by atoms with Crippen molar-refractivity contribution < 1.29 is 8.42 Å². The van der Waals surface area contributed by atoms with Crippen LogP contribution in [0.15, 0.2) is 18.2 Å². The highest BCUT2D eigenvalue weighted by molar-refractivity contribution is 7.91. The summed E-state index contributed by atoms with van der Waals surface area (Å²) in [7, 11) is -3.09. The second kappa shape index (κ2) is 5.49. The molecule has 1 aromatic carbocycles. The van der Waals surface area contributed by atoms with E-state index in [4.69, 9.17) is 17.3 Å². The van der Waals surface area contributed by atoms with Gasteiger partial charge in [-0.15, -0.1) is 0 Å². The number of hydrogen-bond donors (Lipinski definition) is 1. The van der Waals surface area contributed by atoms with Gasteiger partial charge in [0.2, 0.25) is 0 Å². The zero-order valence-electron chi connectivity index (χ0n) is 10.2. The monoisotopic (exact) mass is 287 g/mol. The van der Waals surface area contributed by atoms with Crippen LogP contribution in [0.3, 0.4) is 0 Å². The van der Waals surface area contributed by atoms with Crippen LogP contribution in [0.25, 0.3) is 0 Å². The van der Waals surface area contributed by atoms with E-state index in [-0.39, 0.29) is 11.0 Å². The van der Waals surface area contributed by atoms with E-state index in [1.54, 1.807) is 18.2 Å². The number of halogens is 1. The Morgan fingerprint density at radius 1 is 1.22 bits per heavy atom. The summed E-state index contributed by atoms with van der Waals surface area (Å²) in [6.45, 7) is 0. The number of nitrogen functional groups attached to an aromatic ring is 1. The Hall–Kier alpha value is -0.740. The first-order chi connectivity index (χ1) is 8.49. The molecule has 1 aliphatic carbocycles. The number of rotatable bonds is 3. The van der Waals surface area contributed by atoms with E-state index in [0.717, 1.165) is 32.1 Å². The average molecular weight is 288 g/mol. The molecule has 1 aliphatic rings. The lowest BCUT2D eigenvalue weighted by Gasteiger charge is -2.22. The fourth-order valence-corrected chi connectivity index (χ4v) is 4.62. The third-order valence-electron chi connectivity index (χ3n) is 3.52. The topological polar surface area (TPSA) is 60.2 Å². The van der Waals surface area contributed by atoms with Crippen molar-refractivity contribution in [1.82, 2.24) is 0 Å². The predicted molar refractivity (Wildman–Crippen MR) is 75.4 cm³/mol. The Kier molecular flexibility index (Phi) is 4.17. The van der Waals surface area contributed by atoms with Crippen LogP contribution in [0, 0.1) is 0 Å². The molecule has 0 unspecified atom stereocenters.